The van der Waals surface area contributed by atoms with Gasteiger partial charge in [0.2, 0.25) is 0 Å². The Labute approximate surface area is 109 Å². The van der Waals surface area contributed by atoms with Crippen molar-refractivity contribution >= 4 is 21.6 Å². The molecule has 0 bridgehead atoms. The van der Waals surface area contributed by atoms with E-state index in [0.717, 1.165) is 22.3 Å². The Morgan fingerprint density at radius 3 is 2.47 bits per heavy atom. The molecule has 0 heterocycles. The second kappa shape index (κ2) is 5.84. The molecule has 0 aliphatic carbocycles. The standard InChI is InChI=1S/C14H14BrNO/c15-13-6-4-11(5-7-13)9-16-14-3-1-2-12(8-14)10-17/h1-8,16-17H,9-10H2. The number of hydrogen-bond donors (Lipinski definition) is 2. The van der Waals surface area contributed by atoms with Gasteiger partial charge in [-0.3, -0.25) is 0 Å². The molecule has 0 aliphatic rings. The second-order valence-electron chi connectivity index (χ2n) is 3.84. The summed E-state index contributed by atoms with van der Waals surface area (Å²) in [5.41, 5.74) is 3.17. The van der Waals surface area contributed by atoms with Crippen LogP contribution in [0, 0.1) is 0 Å². The van der Waals surface area contributed by atoms with Crippen LogP contribution in [0.25, 0.3) is 0 Å². The SMILES string of the molecule is OCc1cccc(NCc2ccc(Br)cc2)c1. The van der Waals surface area contributed by atoms with Gasteiger partial charge in [0.1, 0.15) is 0 Å². The van der Waals surface area contributed by atoms with Gasteiger partial charge < -0.3 is 10.4 Å². The lowest BCUT2D eigenvalue weighted by Gasteiger charge is -2.07. The van der Waals surface area contributed by atoms with E-state index in [0.29, 0.717) is 0 Å². The van der Waals surface area contributed by atoms with Gasteiger partial charge in [0.25, 0.3) is 0 Å². The Balaban J connectivity index is 1.99. The summed E-state index contributed by atoms with van der Waals surface area (Å²) in [4.78, 5) is 0. The van der Waals surface area contributed by atoms with Gasteiger partial charge in [0.15, 0.2) is 0 Å². The van der Waals surface area contributed by atoms with E-state index < -0.39 is 0 Å². The molecule has 0 fully saturated rings. The highest BCUT2D eigenvalue weighted by atomic mass is 79.9. The van der Waals surface area contributed by atoms with E-state index in [9.17, 15) is 0 Å². The van der Waals surface area contributed by atoms with Gasteiger partial charge in [-0.15, -0.1) is 0 Å². The number of anilines is 1. The Hall–Kier alpha value is -1.32. The Morgan fingerprint density at radius 1 is 1.00 bits per heavy atom. The molecule has 0 atom stereocenters. The highest BCUT2D eigenvalue weighted by Crippen LogP contribution is 2.14. The van der Waals surface area contributed by atoms with Gasteiger partial charge in [0, 0.05) is 16.7 Å². The maximum Gasteiger partial charge on any atom is 0.0682 e. The van der Waals surface area contributed by atoms with E-state index in [4.69, 9.17) is 5.11 Å². The molecule has 0 aromatic heterocycles. The fourth-order valence-electron chi connectivity index (χ4n) is 1.59. The van der Waals surface area contributed by atoms with Crippen LogP contribution >= 0.6 is 15.9 Å². The van der Waals surface area contributed by atoms with Gasteiger partial charge >= 0.3 is 0 Å². The zero-order valence-corrected chi connectivity index (χ0v) is 10.9. The molecule has 0 radical (unpaired) electrons. The van der Waals surface area contributed by atoms with Gasteiger partial charge in [-0.25, -0.2) is 0 Å². The summed E-state index contributed by atoms with van der Waals surface area (Å²) in [5, 5.41) is 12.4. The molecule has 2 nitrogen and oxygen atoms in total. The molecular formula is C14H14BrNO. The maximum absolute atomic E-state index is 9.04. The lowest BCUT2D eigenvalue weighted by molar-refractivity contribution is 0.282. The van der Waals surface area contributed by atoms with Crippen LogP contribution in [-0.2, 0) is 13.2 Å². The first kappa shape index (κ1) is 12.1. The predicted molar refractivity (Wildman–Crippen MR) is 73.8 cm³/mol. The number of rotatable bonds is 4. The van der Waals surface area contributed by atoms with Gasteiger partial charge in [-0.2, -0.15) is 0 Å². The fourth-order valence-corrected chi connectivity index (χ4v) is 1.85. The van der Waals surface area contributed by atoms with Crippen LogP contribution in [0.1, 0.15) is 11.1 Å². The fraction of sp³-hybridized carbons (Fsp3) is 0.143. The smallest absolute Gasteiger partial charge is 0.0682 e. The van der Waals surface area contributed by atoms with Crippen molar-refractivity contribution in [2.24, 2.45) is 0 Å². The second-order valence-corrected chi connectivity index (χ2v) is 4.75. The third-order valence-corrected chi connectivity index (χ3v) is 3.05. The number of benzene rings is 2. The number of halogens is 1. The number of aliphatic hydroxyl groups is 1. The molecule has 88 valence electrons. The van der Waals surface area contributed by atoms with Crippen LogP contribution in [0.2, 0.25) is 0 Å². The summed E-state index contributed by atoms with van der Waals surface area (Å²) in [6, 6.07) is 16.0. The summed E-state index contributed by atoms with van der Waals surface area (Å²) in [5.74, 6) is 0. The first-order valence-electron chi connectivity index (χ1n) is 5.46. The summed E-state index contributed by atoms with van der Waals surface area (Å²) < 4.78 is 1.09. The molecule has 0 spiro atoms. The summed E-state index contributed by atoms with van der Waals surface area (Å²) >= 11 is 3.41. The van der Waals surface area contributed by atoms with Crippen LogP contribution in [0.3, 0.4) is 0 Å². The molecule has 0 saturated heterocycles. The van der Waals surface area contributed by atoms with Gasteiger partial charge in [-0.05, 0) is 35.4 Å². The largest absolute Gasteiger partial charge is 0.392 e. The first-order valence-corrected chi connectivity index (χ1v) is 6.25. The van der Waals surface area contributed by atoms with Crippen molar-refractivity contribution in [2.75, 3.05) is 5.32 Å². The van der Waals surface area contributed by atoms with Gasteiger partial charge in [0.05, 0.1) is 6.61 Å². The zero-order chi connectivity index (χ0) is 12.1. The van der Waals surface area contributed by atoms with Crippen molar-refractivity contribution < 1.29 is 5.11 Å². The summed E-state index contributed by atoms with van der Waals surface area (Å²) in [6.45, 7) is 0.857. The van der Waals surface area contributed by atoms with Crippen LogP contribution in [0.5, 0.6) is 0 Å². The van der Waals surface area contributed by atoms with Crippen molar-refractivity contribution in [2.45, 2.75) is 13.2 Å². The normalized spacial score (nSPS) is 10.2. The highest BCUT2D eigenvalue weighted by Gasteiger charge is 1.96. The third kappa shape index (κ3) is 3.58. The molecule has 0 aliphatic heterocycles. The quantitative estimate of drug-likeness (QED) is 0.903. The van der Waals surface area contributed by atoms with Crippen molar-refractivity contribution in [3.8, 4) is 0 Å². The molecule has 17 heavy (non-hydrogen) atoms. The monoisotopic (exact) mass is 291 g/mol. The molecular weight excluding hydrogens is 278 g/mol. The number of hydrogen-bond acceptors (Lipinski definition) is 2. The van der Waals surface area contributed by atoms with Crippen molar-refractivity contribution in [3.63, 3.8) is 0 Å². The number of aliphatic hydroxyl groups excluding tert-OH is 1. The molecule has 2 aromatic rings. The van der Waals surface area contributed by atoms with E-state index >= 15 is 0 Å². The molecule has 0 saturated carbocycles. The third-order valence-electron chi connectivity index (χ3n) is 2.52. The van der Waals surface area contributed by atoms with E-state index in [1.165, 1.54) is 5.56 Å². The Bertz CT molecular complexity index is 482. The molecule has 2 aromatic carbocycles. The lowest BCUT2D eigenvalue weighted by Crippen LogP contribution is -1.99. The lowest BCUT2D eigenvalue weighted by atomic mass is 10.2. The van der Waals surface area contributed by atoms with Crippen molar-refractivity contribution in [1.29, 1.82) is 0 Å². The molecule has 0 unspecified atom stereocenters. The summed E-state index contributed by atoms with van der Waals surface area (Å²) in [7, 11) is 0. The summed E-state index contributed by atoms with van der Waals surface area (Å²) in [6.07, 6.45) is 0. The highest BCUT2D eigenvalue weighted by molar-refractivity contribution is 9.10. The first-order chi connectivity index (χ1) is 8.28. The average molecular weight is 292 g/mol. The van der Waals surface area contributed by atoms with Crippen LogP contribution in [0.15, 0.2) is 53.0 Å². The predicted octanol–water partition coefficient (Wildman–Crippen LogP) is 3.55. The molecule has 2 rings (SSSR count). The molecule has 2 N–H and O–H groups in total. The van der Waals surface area contributed by atoms with E-state index in [1.54, 1.807) is 0 Å². The van der Waals surface area contributed by atoms with Crippen LogP contribution < -0.4 is 5.32 Å². The zero-order valence-electron chi connectivity index (χ0n) is 9.36. The van der Waals surface area contributed by atoms with Crippen LogP contribution in [-0.4, -0.2) is 5.11 Å². The minimum Gasteiger partial charge on any atom is -0.392 e. The Morgan fingerprint density at radius 2 is 1.76 bits per heavy atom. The van der Waals surface area contributed by atoms with Crippen molar-refractivity contribution in [3.05, 3.63) is 64.1 Å². The minimum absolute atomic E-state index is 0.0772. The topological polar surface area (TPSA) is 32.3 Å². The minimum atomic E-state index is 0.0772. The van der Waals surface area contributed by atoms with Crippen molar-refractivity contribution in [1.82, 2.24) is 0 Å². The maximum atomic E-state index is 9.04. The number of nitrogens with one attached hydrogen (secondary N) is 1. The molecule has 3 heteroatoms. The average Bonchev–Trinajstić information content (AvgIpc) is 2.38. The van der Waals surface area contributed by atoms with E-state index in [-0.39, 0.29) is 6.61 Å². The molecule has 0 amide bonds. The van der Waals surface area contributed by atoms with E-state index in [2.05, 4.69) is 33.4 Å². The Kier molecular flexibility index (Phi) is 4.18. The van der Waals surface area contributed by atoms with Crippen LogP contribution in [0.4, 0.5) is 5.69 Å². The van der Waals surface area contributed by atoms with E-state index in [1.807, 2.05) is 36.4 Å². The van der Waals surface area contributed by atoms with Gasteiger partial charge in [-0.1, -0.05) is 40.2 Å².